The molecule has 1 aliphatic rings. The third kappa shape index (κ3) is 4.41. The Balaban J connectivity index is 1.84. The predicted octanol–water partition coefficient (Wildman–Crippen LogP) is 5.00. The predicted molar refractivity (Wildman–Crippen MR) is 120 cm³/mol. The van der Waals surface area contributed by atoms with Gasteiger partial charge in [-0.05, 0) is 43.5 Å². The monoisotopic (exact) mass is 460 g/mol. The Morgan fingerprint density at radius 1 is 1.10 bits per heavy atom. The minimum atomic E-state index is -0.767. The molecule has 1 aromatic heterocycles. The Morgan fingerprint density at radius 2 is 1.77 bits per heavy atom. The van der Waals surface area contributed by atoms with Crippen molar-refractivity contribution in [2.45, 2.75) is 19.3 Å². The number of methoxy groups -OCH3 is 1. The second-order valence-corrected chi connectivity index (χ2v) is 8.28. The van der Waals surface area contributed by atoms with Gasteiger partial charge >= 0.3 is 5.91 Å². The molecule has 1 N–H and O–H groups in total. The molecule has 1 fully saturated rings. The molecule has 0 aliphatic carbocycles. The molecule has 0 bridgehead atoms. The highest BCUT2D eigenvalue weighted by Gasteiger charge is 2.31. The average Bonchev–Trinajstić information content (AvgIpc) is 3.14. The van der Waals surface area contributed by atoms with Crippen LogP contribution >= 0.6 is 23.2 Å². The summed E-state index contributed by atoms with van der Waals surface area (Å²) in [6, 6.07) is 14.3. The summed E-state index contributed by atoms with van der Waals surface area (Å²) in [5.74, 6) is -0.335. The highest BCUT2D eigenvalue weighted by atomic mass is 35.5. The average molecular weight is 461 g/mol. The minimum absolute atomic E-state index is 0.0197. The van der Waals surface area contributed by atoms with E-state index < -0.39 is 10.7 Å². The van der Waals surface area contributed by atoms with Crippen LogP contribution in [-0.4, -0.2) is 40.6 Å². The fourth-order valence-electron chi connectivity index (χ4n) is 3.78. The van der Waals surface area contributed by atoms with E-state index >= 15 is 0 Å². The van der Waals surface area contributed by atoms with Gasteiger partial charge in [-0.15, -0.1) is 0 Å². The smallest absolute Gasteiger partial charge is 0.320 e. The van der Waals surface area contributed by atoms with Crippen LogP contribution in [0.1, 0.15) is 29.8 Å². The normalized spacial score (nSPS) is 15.5. The number of carbonyl (C=O) groups is 1. The van der Waals surface area contributed by atoms with Crippen LogP contribution in [0.4, 0.5) is 0 Å². The number of quaternary nitrogens is 1. The molecule has 162 valence electrons. The highest BCUT2D eigenvalue weighted by Crippen LogP contribution is 2.37. The fourth-order valence-corrected chi connectivity index (χ4v) is 4.12. The highest BCUT2D eigenvalue weighted by molar-refractivity contribution is 6.32. The quantitative estimate of drug-likeness (QED) is 0.429. The number of aromatic nitrogens is 2. The number of benzene rings is 2. The van der Waals surface area contributed by atoms with E-state index in [2.05, 4.69) is 10.5 Å². The summed E-state index contributed by atoms with van der Waals surface area (Å²) in [4.78, 5) is 13.1. The molecule has 7 nitrogen and oxygen atoms in total. The lowest BCUT2D eigenvalue weighted by Crippen LogP contribution is -2.58. The number of nitrogens with zero attached hydrogens (tertiary/aromatic N) is 3. The number of carbonyl (C=O) groups excluding carboxylic acids is 1. The number of piperidine rings is 1. The van der Waals surface area contributed by atoms with Crippen molar-refractivity contribution < 1.29 is 14.3 Å². The third-order valence-electron chi connectivity index (χ3n) is 5.30. The largest absolute Gasteiger partial charge is 0.606 e. The molecule has 2 aromatic carbocycles. The van der Waals surface area contributed by atoms with Gasteiger partial charge in [-0.2, -0.15) is 10.5 Å². The Kier molecular flexibility index (Phi) is 6.20. The number of ether oxygens (including phenoxy) is 1. The maximum atomic E-state index is 13.1. The molecule has 0 unspecified atom stereocenters. The van der Waals surface area contributed by atoms with Crippen molar-refractivity contribution in [1.29, 1.82) is 0 Å². The van der Waals surface area contributed by atoms with E-state index in [-0.39, 0.29) is 11.4 Å². The van der Waals surface area contributed by atoms with Crippen LogP contribution in [0, 0.1) is 5.21 Å². The molecule has 3 aromatic rings. The van der Waals surface area contributed by atoms with Crippen molar-refractivity contribution in [3.8, 4) is 22.7 Å². The van der Waals surface area contributed by atoms with Crippen molar-refractivity contribution in [3.05, 3.63) is 69.5 Å². The zero-order valence-corrected chi connectivity index (χ0v) is 18.5. The first-order chi connectivity index (χ1) is 14.9. The molecule has 0 radical (unpaired) electrons. The number of hydrogen-bond acceptors (Lipinski definition) is 4. The second-order valence-electron chi connectivity index (χ2n) is 7.44. The summed E-state index contributed by atoms with van der Waals surface area (Å²) < 4.78 is 6.41. The summed E-state index contributed by atoms with van der Waals surface area (Å²) in [5, 5.41) is 18.5. The van der Waals surface area contributed by atoms with Gasteiger partial charge in [0.05, 0.1) is 17.8 Å². The summed E-state index contributed by atoms with van der Waals surface area (Å²) >= 11 is 12.5. The van der Waals surface area contributed by atoms with Crippen molar-refractivity contribution in [1.82, 2.24) is 15.2 Å². The van der Waals surface area contributed by atoms with Crippen LogP contribution in [0.5, 0.6) is 5.75 Å². The number of para-hydroxylation sites is 1. The number of hydrogen-bond donors (Lipinski definition) is 1. The van der Waals surface area contributed by atoms with Gasteiger partial charge in [0.2, 0.25) is 0 Å². The molecule has 0 atom stereocenters. The summed E-state index contributed by atoms with van der Waals surface area (Å²) in [5.41, 5.74) is 4.45. The number of amides is 1. The lowest BCUT2D eigenvalue weighted by Gasteiger charge is -2.43. The first-order valence-corrected chi connectivity index (χ1v) is 10.8. The Hall–Kier alpha value is -2.58. The van der Waals surface area contributed by atoms with Gasteiger partial charge in [0.25, 0.3) is 0 Å². The van der Waals surface area contributed by atoms with Gasteiger partial charge in [-0.1, -0.05) is 47.5 Å². The third-order valence-corrected chi connectivity index (χ3v) is 5.87. The van der Waals surface area contributed by atoms with Crippen molar-refractivity contribution >= 4 is 29.1 Å². The maximum Gasteiger partial charge on any atom is 0.320 e. The van der Waals surface area contributed by atoms with E-state index in [1.54, 1.807) is 28.9 Å². The number of nitrogens with one attached hydrogen (secondary N) is 1. The van der Waals surface area contributed by atoms with Gasteiger partial charge < -0.3 is 9.94 Å². The maximum absolute atomic E-state index is 13.1. The van der Waals surface area contributed by atoms with Gasteiger partial charge in [-0.25, -0.2) is 4.68 Å². The zero-order chi connectivity index (χ0) is 22.0. The van der Waals surface area contributed by atoms with Crippen LogP contribution in [0.2, 0.25) is 10.0 Å². The molecular weight excluding hydrogens is 439 g/mol. The van der Waals surface area contributed by atoms with Gasteiger partial charge in [0.15, 0.2) is 11.4 Å². The zero-order valence-electron chi connectivity index (χ0n) is 17.0. The topological polar surface area (TPSA) is 79.2 Å². The molecule has 31 heavy (non-hydrogen) atoms. The Morgan fingerprint density at radius 3 is 2.42 bits per heavy atom. The molecule has 1 saturated heterocycles. The molecule has 0 spiro atoms. The first kappa shape index (κ1) is 21.6. The molecule has 2 heterocycles. The second kappa shape index (κ2) is 8.88. The van der Waals surface area contributed by atoms with E-state index in [0.29, 0.717) is 34.5 Å². The minimum Gasteiger partial charge on any atom is -0.606 e. The van der Waals surface area contributed by atoms with Crippen LogP contribution in [0.15, 0.2) is 48.5 Å². The Bertz CT molecular complexity index is 1090. The molecule has 1 aliphatic heterocycles. The van der Waals surface area contributed by atoms with Crippen molar-refractivity contribution in [2.24, 2.45) is 0 Å². The van der Waals surface area contributed by atoms with E-state index in [0.717, 1.165) is 24.8 Å². The molecule has 4 rings (SSSR count). The van der Waals surface area contributed by atoms with Crippen LogP contribution in [-0.2, 0) is 0 Å². The number of halogens is 2. The number of hydroxylamine groups is 2. The summed E-state index contributed by atoms with van der Waals surface area (Å²) in [7, 11) is 1.46. The number of rotatable bonds is 5. The molecule has 9 heteroatoms. The lowest BCUT2D eigenvalue weighted by atomic mass is 10.1. The van der Waals surface area contributed by atoms with Crippen LogP contribution < -0.4 is 10.2 Å². The van der Waals surface area contributed by atoms with E-state index in [9.17, 15) is 10.0 Å². The molecule has 0 saturated carbocycles. The van der Waals surface area contributed by atoms with Gasteiger partial charge in [-0.3, -0.25) is 9.55 Å². The summed E-state index contributed by atoms with van der Waals surface area (Å²) in [6.45, 7) is 0.673. The standard InChI is InChI=1S/C22H22Cl2N4O3/c1-31-21-19(22(29)26-28(30)13-5-2-6-14-28)25-27(18-8-4-3-7-17(18)24)20(21)15-9-11-16(23)12-10-15/h3-4,7-12H,2,5-6,13-14H2,1H3,(H,26,29). The molecule has 1 amide bonds. The van der Waals surface area contributed by atoms with Crippen LogP contribution in [0.25, 0.3) is 16.9 Å². The van der Waals surface area contributed by atoms with Gasteiger partial charge in [0, 0.05) is 10.6 Å². The van der Waals surface area contributed by atoms with E-state index in [4.69, 9.17) is 27.9 Å². The Labute approximate surface area is 190 Å². The van der Waals surface area contributed by atoms with Gasteiger partial charge in [0.1, 0.15) is 18.8 Å². The van der Waals surface area contributed by atoms with E-state index in [1.165, 1.54) is 7.11 Å². The fraction of sp³-hybridized carbons (Fsp3) is 0.273. The SMILES string of the molecule is COc1c(C(=O)N[N+]2([O-])CCCCC2)nn(-c2ccccc2Cl)c1-c1ccc(Cl)cc1. The first-order valence-electron chi connectivity index (χ1n) is 10.0. The van der Waals surface area contributed by atoms with Crippen molar-refractivity contribution in [2.75, 3.05) is 20.2 Å². The molecular formula is C22H22Cl2N4O3. The lowest BCUT2D eigenvalue weighted by molar-refractivity contribution is -0.919. The van der Waals surface area contributed by atoms with E-state index in [1.807, 2.05) is 24.3 Å². The van der Waals surface area contributed by atoms with Crippen LogP contribution in [0.3, 0.4) is 0 Å². The summed E-state index contributed by atoms with van der Waals surface area (Å²) in [6.07, 6.45) is 2.53. The van der Waals surface area contributed by atoms with Crippen molar-refractivity contribution in [3.63, 3.8) is 0 Å².